The molecular weight excluding hydrogens is 302 g/mol. The van der Waals surface area contributed by atoms with Gasteiger partial charge in [0.1, 0.15) is 0 Å². The van der Waals surface area contributed by atoms with E-state index in [0.717, 1.165) is 10.5 Å². The summed E-state index contributed by atoms with van der Waals surface area (Å²) in [6.07, 6.45) is 9.65. The van der Waals surface area contributed by atoms with Gasteiger partial charge in [0.15, 0.2) is 6.00 Å². The van der Waals surface area contributed by atoms with Crippen molar-refractivity contribution < 1.29 is 4.48 Å². The van der Waals surface area contributed by atoms with Gasteiger partial charge in [-0.15, -0.1) is 0 Å². The van der Waals surface area contributed by atoms with Crippen molar-refractivity contribution in [2.24, 2.45) is 0 Å². The number of alkyl halides is 1. The average Bonchev–Trinajstić information content (AvgIpc) is 2.63. The maximum absolute atomic E-state index is 6.20. The molecule has 0 radical (unpaired) electrons. The lowest BCUT2D eigenvalue weighted by atomic mass is 10.2. The van der Waals surface area contributed by atoms with E-state index >= 15 is 0 Å². The van der Waals surface area contributed by atoms with E-state index < -0.39 is 0 Å². The predicted octanol–water partition coefficient (Wildman–Crippen LogP) is 6.73. The normalized spacial score (nSPS) is 10.8. The molecule has 0 N–H and O–H groups in total. The summed E-state index contributed by atoms with van der Waals surface area (Å²) in [7, 11) is 0. The number of halogens is 1. The topological polar surface area (TPSA) is 0 Å². The van der Waals surface area contributed by atoms with Gasteiger partial charge < -0.3 is 4.48 Å². The smallest absolute Gasteiger partial charge is 0.154 e. The van der Waals surface area contributed by atoms with Crippen LogP contribution in [0.25, 0.3) is 6.08 Å². The zero-order chi connectivity index (χ0) is 17.4. The Morgan fingerprint density at radius 2 is 1.30 bits per heavy atom. The summed E-state index contributed by atoms with van der Waals surface area (Å²) in [5.41, 5.74) is 1.17. The Labute approximate surface area is 149 Å². The summed E-state index contributed by atoms with van der Waals surface area (Å²) >= 11 is 6.20. The highest BCUT2D eigenvalue weighted by molar-refractivity contribution is 6.16. The molecule has 1 aromatic rings. The molecule has 23 heavy (non-hydrogen) atoms. The Morgan fingerprint density at radius 3 is 1.57 bits per heavy atom. The van der Waals surface area contributed by atoms with E-state index in [4.69, 9.17) is 11.6 Å². The van der Waals surface area contributed by atoms with Crippen LogP contribution in [0.4, 0.5) is 0 Å². The molecule has 0 spiro atoms. The van der Waals surface area contributed by atoms with Gasteiger partial charge in [-0.1, -0.05) is 94.6 Å². The molecule has 1 nitrogen and oxygen atoms in total. The molecule has 2 heteroatoms. The first kappa shape index (κ1) is 22.2. The molecule has 0 aliphatic carbocycles. The third-order valence-corrected chi connectivity index (χ3v) is 4.75. The minimum Gasteiger partial charge on any atom is -0.311 e. The fourth-order valence-corrected chi connectivity index (χ4v) is 2.94. The number of hydrogen-bond donors (Lipinski definition) is 0. The second-order valence-electron chi connectivity index (χ2n) is 6.31. The van der Waals surface area contributed by atoms with Gasteiger partial charge >= 0.3 is 0 Å². The lowest BCUT2D eigenvalue weighted by Gasteiger charge is -2.37. The van der Waals surface area contributed by atoms with E-state index in [1.807, 2.05) is 36.4 Å². The first-order chi connectivity index (χ1) is 11.2. The van der Waals surface area contributed by atoms with Crippen LogP contribution in [0.1, 0.15) is 64.9 Å². The average molecular weight is 339 g/mol. The van der Waals surface area contributed by atoms with Crippen LogP contribution >= 0.6 is 11.6 Å². The third kappa shape index (κ3) is 10.6. The summed E-state index contributed by atoms with van der Waals surface area (Å²) in [4.78, 5) is 0. The number of hydrogen-bond acceptors (Lipinski definition) is 0. The zero-order valence-corrected chi connectivity index (χ0v) is 16.3. The highest BCUT2D eigenvalue weighted by Gasteiger charge is 2.24. The largest absolute Gasteiger partial charge is 0.311 e. The van der Waals surface area contributed by atoms with Crippen molar-refractivity contribution in [2.75, 3.05) is 25.6 Å². The third-order valence-electron chi connectivity index (χ3n) is 4.25. The fraction of sp³-hybridized carbons (Fsp3) is 0.619. The Hall–Kier alpha value is -0.790. The van der Waals surface area contributed by atoms with Crippen LogP contribution in [0.15, 0.2) is 36.9 Å². The van der Waals surface area contributed by atoms with Crippen LogP contribution in [-0.4, -0.2) is 30.1 Å². The molecule has 0 atom stereocenters. The molecule has 1 aromatic carbocycles. The van der Waals surface area contributed by atoms with Gasteiger partial charge in [0, 0.05) is 0 Å². The second-order valence-corrected chi connectivity index (χ2v) is 6.55. The first-order valence-corrected chi connectivity index (χ1v) is 9.80. The molecule has 0 unspecified atom stereocenters. The molecule has 132 valence electrons. The molecule has 0 heterocycles. The van der Waals surface area contributed by atoms with E-state index in [-0.39, 0.29) is 0 Å². The molecule has 0 aliphatic heterocycles. The van der Waals surface area contributed by atoms with Gasteiger partial charge in [-0.2, -0.15) is 0 Å². The Bertz CT molecular complexity index is 353. The van der Waals surface area contributed by atoms with Gasteiger partial charge in [-0.25, -0.2) is 0 Å². The van der Waals surface area contributed by atoms with E-state index in [1.54, 1.807) is 0 Å². The summed E-state index contributed by atoms with van der Waals surface area (Å²) in [6, 6.07) is 10.8. The second kappa shape index (κ2) is 14.8. The molecule has 0 fully saturated rings. The van der Waals surface area contributed by atoms with E-state index in [1.165, 1.54) is 63.7 Å². The van der Waals surface area contributed by atoms with Crippen LogP contribution in [0.5, 0.6) is 0 Å². The molecule has 0 bridgehead atoms. The van der Waals surface area contributed by atoms with Crippen molar-refractivity contribution in [3.05, 3.63) is 42.5 Å². The van der Waals surface area contributed by atoms with Gasteiger partial charge in [-0.05, 0) is 24.8 Å². The maximum Gasteiger partial charge on any atom is 0.154 e. The lowest BCUT2D eigenvalue weighted by Crippen LogP contribution is -2.49. The number of quaternary nitrogens is 1. The Kier molecular flexibility index (Phi) is 14.3. The Morgan fingerprint density at radius 1 is 0.870 bits per heavy atom. The number of benzene rings is 1. The standard InChI is InChI=1S/C13H29ClN.C8H8/c1-4-7-10-15(13-14,11-8-5-2)12-9-6-3;1-2-8-6-4-3-5-7-8/h4-13H2,1-3H3;2-7H,1H2/q+1;. The van der Waals surface area contributed by atoms with Crippen LogP contribution in [0.3, 0.4) is 0 Å². The predicted molar refractivity (Wildman–Crippen MR) is 107 cm³/mol. The van der Waals surface area contributed by atoms with E-state index in [9.17, 15) is 0 Å². The quantitative estimate of drug-likeness (QED) is 0.238. The summed E-state index contributed by atoms with van der Waals surface area (Å²) in [6.45, 7) is 14.3. The molecular formula is C21H37ClN+. The molecule has 0 aliphatic rings. The van der Waals surface area contributed by atoms with Crippen LogP contribution in [-0.2, 0) is 0 Å². The van der Waals surface area contributed by atoms with Crippen LogP contribution in [0, 0.1) is 0 Å². The number of rotatable bonds is 11. The van der Waals surface area contributed by atoms with Crippen molar-refractivity contribution >= 4 is 17.7 Å². The van der Waals surface area contributed by atoms with Gasteiger partial charge in [-0.3, -0.25) is 0 Å². The molecule has 0 saturated carbocycles. The highest BCUT2D eigenvalue weighted by atomic mass is 35.5. The molecule has 0 amide bonds. The zero-order valence-electron chi connectivity index (χ0n) is 15.6. The first-order valence-electron chi connectivity index (χ1n) is 9.26. The van der Waals surface area contributed by atoms with Crippen molar-refractivity contribution in [3.8, 4) is 0 Å². The minimum atomic E-state index is 0.806. The Balaban J connectivity index is 0.000000502. The SMILES string of the molecule is C=Cc1ccccc1.CCCC[N+](CCl)(CCCC)CCCC. The van der Waals surface area contributed by atoms with Crippen molar-refractivity contribution in [3.63, 3.8) is 0 Å². The van der Waals surface area contributed by atoms with E-state index in [2.05, 4.69) is 27.4 Å². The fourth-order valence-electron chi connectivity index (χ4n) is 2.58. The lowest BCUT2D eigenvalue weighted by molar-refractivity contribution is -0.918. The molecule has 0 aromatic heterocycles. The highest BCUT2D eigenvalue weighted by Crippen LogP contribution is 2.15. The van der Waals surface area contributed by atoms with Gasteiger partial charge in [0.25, 0.3) is 0 Å². The molecule has 1 rings (SSSR count). The van der Waals surface area contributed by atoms with Crippen LogP contribution in [0.2, 0.25) is 0 Å². The number of nitrogens with zero attached hydrogens (tertiary/aromatic N) is 1. The monoisotopic (exact) mass is 338 g/mol. The molecule has 0 saturated heterocycles. The van der Waals surface area contributed by atoms with E-state index in [0.29, 0.717) is 0 Å². The summed E-state index contributed by atoms with van der Waals surface area (Å²) < 4.78 is 1.15. The van der Waals surface area contributed by atoms with Crippen LogP contribution < -0.4 is 0 Å². The summed E-state index contributed by atoms with van der Waals surface area (Å²) in [5.74, 6) is 0. The minimum absolute atomic E-state index is 0.806. The van der Waals surface area contributed by atoms with Gasteiger partial charge in [0.05, 0.1) is 19.6 Å². The maximum atomic E-state index is 6.20. The van der Waals surface area contributed by atoms with Crippen molar-refractivity contribution in [1.29, 1.82) is 0 Å². The summed E-state index contributed by atoms with van der Waals surface area (Å²) in [5, 5.41) is 0. The number of unbranched alkanes of at least 4 members (excludes halogenated alkanes) is 3. The van der Waals surface area contributed by atoms with Crippen molar-refractivity contribution in [1.82, 2.24) is 0 Å². The van der Waals surface area contributed by atoms with Gasteiger partial charge in [0.2, 0.25) is 0 Å². The van der Waals surface area contributed by atoms with Crippen molar-refractivity contribution in [2.45, 2.75) is 59.3 Å².